The van der Waals surface area contributed by atoms with Crippen LogP contribution in [0.3, 0.4) is 0 Å². The summed E-state index contributed by atoms with van der Waals surface area (Å²) in [6.07, 6.45) is 1.59. The van der Waals surface area contributed by atoms with E-state index in [0.717, 1.165) is 17.3 Å². The Morgan fingerprint density at radius 2 is 1.95 bits per heavy atom. The van der Waals surface area contributed by atoms with Crippen molar-refractivity contribution in [3.8, 4) is 0 Å². The first-order valence-electron chi connectivity index (χ1n) is 5.80. The second-order valence-corrected chi connectivity index (χ2v) is 5.06. The average Bonchev–Trinajstić information content (AvgIpc) is 2.41. The quantitative estimate of drug-likeness (QED) is 0.662. The Labute approximate surface area is 119 Å². The van der Waals surface area contributed by atoms with E-state index in [0.29, 0.717) is 5.69 Å². The molecule has 2 rings (SSSR count). The van der Waals surface area contributed by atoms with Crippen LogP contribution in [0.25, 0.3) is 0 Å². The van der Waals surface area contributed by atoms with Crippen LogP contribution in [-0.2, 0) is 11.2 Å². The van der Waals surface area contributed by atoms with Crippen molar-refractivity contribution in [1.29, 1.82) is 0 Å². The number of aromatic nitrogens is 1. The molecule has 0 radical (unpaired) electrons. The molecule has 0 aliphatic carbocycles. The van der Waals surface area contributed by atoms with Crippen molar-refractivity contribution in [3.63, 3.8) is 0 Å². The number of carbonyl (C=O) groups excluding carboxylic acids is 1. The van der Waals surface area contributed by atoms with Crippen molar-refractivity contribution in [1.82, 2.24) is 4.98 Å². The lowest BCUT2D eigenvalue weighted by atomic mass is 10.1. The third-order valence-electron chi connectivity index (χ3n) is 2.60. The van der Waals surface area contributed by atoms with Crippen LogP contribution in [0.4, 0.5) is 5.69 Å². The van der Waals surface area contributed by atoms with Gasteiger partial charge in [-0.05, 0) is 35.5 Å². The number of benzene rings is 1. The molecule has 0 unspecified atom stereocenters. The topological polar surface area (TPSA) is 93.3 Å². The molecular weight excluding hydrogens is 276 g/mol. The van der Waals surface area contributed by atoms with Crippen molar-refractivity contribution in [2.24, 2.45) is 0 Å². The van der Waals surface area contributed by atoms with Crippen LogP contribution in [0, 0.1) is 0 Å². The van der Waals surface area contributed by atoms with E-state index in [9.17, 15) is 9.59 Å². The molecule has 0 aliphatic heterocycles. The highest BCUT2D eigenvalue weighted by atomic mass is 32.2. The maximum Gasteiger partial charge on any atom is 0.338 e. The fourth-order valence-electron chi connectivity index (χ4n) is 1.63. The van der Waals surface area contributed by atoms with Crippen molar-refractivity contribution in [2.45, 2.75) is 11.4 Å². The van der Waals surface area contributed by atoms with Gasteiger partial charge in [0.15, 0.2) is 5.12 Å². The first-order valence-corrected chi connectivity index (χ1v) is 6.62. The van der Waals surface area contributed by atoms with Gasteiger partial charge >= 0.3 is 5.97 Å². The number of anilines is 1. The molecule has 1 aromatic carbocycles. The summed E-state index contributed by atoms with van der Waals surface area (Å²) in [4.78, 5) is 26.9. The van der Waals surface area contributed by atoms with E-state index in [1.165, 1.54) is 18.3 Å². The van der Waals surface area contributed by atoms with E-state index in [-0.39, 0.29) is 22.1 Å². The van der Waals surface area contributed by atoms with Crippen LogP contribution >= 0.6 is 11.8 Å². The second-order valence-electron chi connectivity index (χ2n) is 4.01. The number of carboxylic acids is 1. The molecule has 0 amide bonds. The summed E-state index contributed by atoms with van der Waals surface area (Å²) in [6.45, 7) is 0. The molecule has 3 N–H and O–H groups in total. The van der Waals surface area contributed by atoms with Gasteiger partial charge < -0.3 is 10.8 Å². The monoisotopic (exact) mass is 288 g/mol. The zero-order valence-electron chi connectivity index (χ0n) is 10.4. The summed E-state index contributed by atoms with van der Waals surface area (Å²) in [5.74, 6) is -1.10. The number of pyridine rings is 1. The molecule has 0 atom stereocenters. The average molecular weight is 288 g/mol. The smallest absolute Gasteiger partial charge is 0.338 e. The minimum Gasteiger partial charge on any atom is -0.478 e. The van der Waals surface area contributed by atoms with Gasteiger partial charge in [0, 0.05) is 18.3 Å². The molecule has 0 spiro atoms. The van der Waals surface area contributed by atoms with E-state index in [4.69, 9.17) is 10.8 Å². The van der Waals surface area contributed by atoms with Crippen molar-refractivity contribution >= 4 is 28.5 Å². The van der Waals surface area contributed by atoms with Crippen LogP contribution in [-0.4, -0.2) is 21.2 Å². The Hall–Kier alpha value is -2.34. The number of carboxylic acid groups (broad SMARTS) is 1. The minimum absolute atomic E-state index is 0.0203. The lowest BCUT2D eigenvalue weighted by molar-refractivity contribution is -0.110. The van der Waals surface area contributed by atoms with E-state index in [2.05, 4.69) is 4.98 Å². The van der Waals surface area contributed by atoms with Gasteiger partial charge in [-0.1, -0.05) is 18.2 Å². The molecule has 6 heteroatoms. The van der Waals surface area contributed by atoms with E-state index < -0.39 is 5.97 Å². The van der Waals surface area contributed by atoms with Crippen LogP contribution in [0.2, 0.25) is 0 Å². The summed E-state index contributed by atoms with van der Waals surface area (Å²) in [6, 6.07) is 10.0. The molecule has 0 aliphatic rings. The Kier molecular flexibility index (Phi) is 4.37. The van der Waals surface area contributed by atoms with Crippen LogP contribution in [0.1, 0.15) is 15.9 Å². The summed E-state index contributed by atoms with van der Waals surface area (Å²) in [5.41, 5.74) is 7.05. The van der Waals surface area contributed by atoms with Gasteiger partial charge in [-0.2, -0.15) is 0 Å². The lowest BCUT2D eigenvalue weighted by Crippen LogP contribution is -2.05. The molecule has 2 aromatic rings. The number of nitrogens with two attached hydrogens (primary N) is 1. The van der Waals surface area contributed by atoms with E-state index in [1.807, 2.05) is 0 Å². The van der Waals surface area contributed by atoms with Gasteiger partial charge in [-0.3, -0.25) is 4.79 Å². The maximum absolute atomic E-state index is 12.0. The Morgan fingerprint density at radius 1 is 1.20 bits per heavy atom. The number of hydrogen-bond acceptors (Lipinski definition) is 5. The molecule has 102 valence electrons. The molecule has 0 saturated carbocycles. The number of carbonyl (C=O) groups is 2. The fourth-order valence-corrected chi connectivity index (χ4v) is 2.45. The number of nitrogens with zero attached hydrogens (tertiary/aromatic N) is 1. The van der Waals surface area contributed by atoms with Crippen LogP contribution in [0.15, 0.2) is 47.6 Å². The maximum atomic E-state index is 12.0. The zero-order valence-corrected chi connectivity index (χ0v) is 11.3. The largest absolute Gasteiger partial charge is 0.478 e. The summed E-state index contributed by atoms with van der Waals surface area (Å²) >= 11 is 0.816. The highest BCUT2D eigenvalue weighted by Gasteiger charge is 2.15. The summed E-state index contributed by atoms with van der Waals surface area (Å²) in [5, 5.41) is 9.02. The molecule has 5 nitrogen and oxygen atoms in total. The van der Waals surface area contributed by atoms with E-state index >= 15 is 0 Å². The van der Waals surface area contributed by atoms with Gasteiger partial charge in [0.2, 0.25) is 0 Å². The van der Waals surface area contributed by atoms with Crippen LogP contribution < -0.4 is 5.73 Å². The SMILES string of the molecule is Nc1ccccc1CC(=O)Sc1ncccc1C(=O)O. The number of hydrogen-bond donors (Lipinski definition) is 2. The second kappa shape index (κ2) is 6.21. The molecule has 1 heterocycles. The van der Waals surface area contributed by atoms with Gasteiger partial charge in [0.25, 0.3) is 0 Å². The first kappa shape index (κ1) is 14.1. The van der Waals surface area contributed by atoms with E-state index in [1.54, 1.807) is 24.3 Å². The normalized spacial score (nSPS) is 10.2. The Balaban J connectivity index is 2.13. The Bertz CT molecular complexity index is 658. The van der Waals surface area contributed by atoms with Crippen LogP contribution in [0.5, 0.6) is 0 Å². The third-order valence-corrected chi connectivity index (χ3v) is 3.49. The fraction of sp³-hybridized carbons (Fsp3) is 0.0714. The molecule has 1 aromatic heterocycles. The molecule has 20 heavy (non-hydrogen) atoms. The van der Waals surface area contributed by atoms with Gasteiger partial charge in [-0.15, -0.1) is 0 Å². The Morgan fingerprint density at radius 3 is 2.65 bits per heavy atom. The van der Waals surface area contributed by atoms with Crippen molar-refractivity contribution in [3.05, 3.63) is 53.7 Å². The highest BCUT2D eigenvalue weighted by Crippen LogP contribution is 2.23. The number of para-hydroxylation sites is 1. The highest BCUT2D eigenvalue weighted by molar-refractivity contribution is 8.13. The predicted molar refractivity (Wildman–Crippen MR) is 76.6 cm³/mol. The van der Waals surface area contributed by atoms with Gasteiger partial charge in [-0.25, -0.2) is 9.78 Å². The summed E-state index contributed by atoms with van der Waals surface area (Å²) in [7, 11) is 0. The van der Waals surface area contributed by atoms with Crippen molar-refractivity contribution < 1.29 is 14.7 Å². The molecule has 0 fully saturated rings. The first-order chi connectivity index (χ1) is 9.58. The lowest BCUT2D eigenvalue weighted by Gasteiger charge is -2.05. The standard InChI is InChI=1S/C14H12N2O3S/c15-11-6-2-1-4-9(11)8-12(17)20-13-10(14(18)19)5-3-7-16-13/h1-7H,8,15H2,(H,18,19). The molecule has 0 saturated heterocycles. The molecule has 0 bridgehead atoms. The van der Waals surface area contributed by atoms with Gasteiger partial charge in [0.05, 0.1) is 5.56 Å². The number of aromatic carboxylic acids is 1. The van der Waals surface area contributed by atoms with Crippen molar-refractivity contribution in [2.75, 3.05) is 5.73 Å². The third kappa shape index (κ3) is 3.36. The van der Waals surface area contributed by atoms with Gasteiger partial charge in [0.1, 0.15) is 5.03 Å². The summed E-state index contributed by atoms with van der Waals surface area (Å²) < 4.78 is 0. The molecular formula is C14H12N2O3S. The number of nitrogen functional groups attached to an aromatic ring is 1. The zero-order chi connectivity index (χ0) is 14.5. The number of thioether (sulfide) groups is 1. The predicted octanol–water partition coefficient (Wildman–Crippen LogP) is 2.22. The minimum atomic E-state index is -1.10. The number of rotatable bonds is 4.